The predicted octanol–water partition coefficient (Wildman–Crippen LogP) is 3.64. The summed E-state index contributed by atoms with van der Waals surface area (Å²) in [7, 11) is 0. The molecule has 21 heavy (non-hydrogen) atoms. The van der Waals surface area contributed by atoms with E-state index in [4.69, 9.17) is 18.0 Å². The van der Waals surface area contributed by atoms with Gasteiger partial charge in [-0.25, -0.2) is 4.39 Å². The molecular formula is C16H17FN2S2. The van der Waals surface area contributed by atoms with Crippen molar-refractivity contribution in [2.75, 3.05) is 6.54 Å². The fourth-order valence-corrected chi connectivity index (χ4v) is 4.06. The summed E-state index contributed by atoms with van der Waals surface area (Å²) in [5.41, 5.74) is 8.78. The molecule has 1 aliphatic rings. The second-order valence-corrected chi connectivity index (χ2v) is 6.80. The van der Waals surface area contributed by atoms with Gasteiger partial charge < -0.3 is 5.73 Å². The monoisotopic (exact) mass is 320 g/mol. The van der Waals surface area contributed by atoms with E-state index in [0.717, 1.165) is 25.1 Å². The predicted molar refractivity (Wildman–Crippen MR) is 89.1 cm³/mol. The summed E-state index contributed by atoms with van der Waals surface area (Å²) in [4.78, 5) is 4.13. The average molecular weight is 320 g/mol. The molecule has 1 aromatic heterocycles. The van der Waals surface area contributed by atoms with Gasteiger partial charge in [0, 0.05) is 29.6 Å². The molecule has 0 bridgehead atoms. The molecule has 3 rings (SSSR count). The van der Waals surface area contributed by atoms with Crippen LogP contribution >= 0.6 is 23.6 Å². The van der Waals surface area contributed by atoms with Crippen LogP contribution in [0.4, 0.5) is 4.39 Å². The molecule has 1 aliphatic heterocycles. The number of hydrogen-bond donors (Lipinski definition) is 1. The molecular weight excluding hydrogens is 303 g/mol. The largest absolute Gasteiger partial charge is 0.389 e. The van der Waals surface area contributed by atoms with Gasteiger partial charge in [-0.1, -0.05) is 18.3 Å². The smallest absolute Gasteiger partial charge is 0.123 e. The van der Waals surface area contributed by atoms with Crippen molar-refractivity contribution in [3.05, 3.63) is 57.0 Å². The lowest BCUT2D eigenvalue weighted by Crippen LogP contribution is -2.33. The fraction of sp³-hybridized carbons (Fsp3) is 0.312. The lowest BCUT2D eigenvalue weighted by molar-refractivity contribution is 0.191. The Kier molecular flexibility index (Phi) is 4.06. The van der Waals surface area contributed by atoms with Crippen LogP contribution in [0, 0.1) is 5.82 Å². The van der Waals surface area contributed by atoms with Crippen LogP contribution in [0.2, 0.25) is 0 Å². The van der Waals surface area contributed by atoms with E-state index in [1.807, 2.05) is 11.3 Å². The summed E-state index contributed by atoms with van der Waals surface area (Å²) in [5, 5.41) is 2.16. The van der Waals surface area contributed by atoms with E-state index in [-0.39, 0.29) is 10.8 Å². The second kappa shape index (κ2) is 5.83. The van der Waals surface area contributed by atoms with Crippen LogP contribution in [0.25, 0.3) is 0 Å². The minimum absolute atomic E-state index is 0.255. The molecule has 0 aliphatic carbocycles. The second-order valence-electron chi connectivity index (χ2n) is 5.36. The van der Waals surface area contributed by atoms with Crippen molar-refractivity contribution >= 4 is 28.5 Å². The minimum atomic E-state index is -0.298. The Morgan fingerprint density at radius 2 is 2.29 bits per heavy atom. The first kappa shape index (κ1) is 14.6. The molecule has 2 aromatic rings. The average Bonchev–Trinajstić information content (AvgIpc) is 2.92. The zero-order valence-electron chi connectivity index (χ0n) is 11.8. The molecule has 0 saturated heterocycles. The number of nitrogens with two attached hydrogens (primary N) is 1. The molecule has 110 valence electrons. The first-order valence-electron chi connectivity index (χ1n) is 6.95. The summed E-state index contributed by atoms with van der Waals surface area (Å²) in [6.45, 7) is 3.96. The third-order valence-electron chi connectivity index (χ3n) is 4.11. The lowest BCUT2D eigenvalue weighted by atomic mass is 9.99. The highest BCUT2D eigenvalue weighted by Gasteiger charge is 2.25. The topological polar surface area (TPSA) is 29.3 Å². The molecule has 1 aromatic carbocycles. The van der Waals surface area contributed by atoms with Gasteiger partial charge in [0.1, 0.15) is 10.8 Å². The van der Waals surface area contributed by atoms with Gasteiger partial charge in [0.05, 0.1) is 0 Å². The number of nitrogens with zero attached hydrogens (tertiary/aromatic N) is 1. The van der Waals surface area contributed by atoms with E-state index in [0.29, 0.717) is 11.6 Å². The normalized spacial score (nSPS) is 18.5. The highest BCUT2D eigenvalue weighted by atomic mass is 32.1. The van der Waals surface area contributed by atoms with Crippen molar-refractivity contribution in [1.82, 2.24) is 4.90 Å². The Labute approximate surface area is 133 Å². The van der Waals surface area contributed by atoms with Gasteiger partial charge in [-0.3, -0.25) is 4.90 Å². The highest BCUT2D eigenvalue weighted by molar-refractivity contribution is 7.80. The summed E-state index contributed by atoms with van der Waals surface area (Å²) in [6.07, 6.45) is 1.07. The standard InChI is InChI=1S/C16H17FN2S2/c1-10-13-5-7-21-15(13)4-6-19(10)9-11-2-3-12(17)8-14(11)16(18)20/h2-3,5,7-8,10H,4,6,9H2,1H3,(H2,18,20). The van der Waals surface area contributed by atoms with Crippen molar-refractivity contribution in [3.8, 4) is 0 Å². The summed E-state index contributed by atoms with van der Waals surface area (Å²) >= 11 is 6.88. The molecule has 0 radical (unpaired) electrons. The molecule has 2 nitrogen and oxygen atoms in total. The number of thiocarbonyl (C=S) groups is 1. The van der Waals surface area contributed by atoms with E-state index in [2.05, 4.69) is 23.3 Å². The Morgan fingerprint density at radius 3 is 3.05 bits per heavy atom. The number of benzene rings is 1. The van der Waals surface area contributed by atoms with Gasteiger partial charge in [-0.05, 0) is 48.1 Å². The lowest BCUT2D eigenvalue weighted by Gasteiger charge is -2.34. The molecule has 1 atom stereocenters. The van der Waals surface area contributed by atoms with Crippen LogP contribution in [0.3, 0.4) is 0 Å². The van der Waals surface area contributed by atoms with Gasteiger partial charge >= 0.3 is 0 Å². The van der Waals surface area contributed by atoms with Crippen LogP contribution in [-0.2, 0) is 13.0 Å². The minimum Gasteiger partial charge on any atom is -0.389 e. The molecule has 2 heterocycles. The van der Waals surface area contributed by atoms with Crippen LogP contribution in [0.5, 0.6) is 0 Å². The molecule has 0 spiro atoms. The molecule has 0 amide bonds. The van der Waals surface area contributed by atoms with Crippen molar-refractivity contribution in [2.45, 2.75) is 25.9 Å². The third kappa shape index (κ3) is 2.86. The first-order chi connectivity index (χ1) is 10.1. The Hall–Kier alpha value is -1.30. The quantitative estimate of drug-likeness (QED) is 0.876. The molecule has 1 unspecified atom stereocenters. The van der Waals surface area contributed by atoms with E-state index in [1.54, 1.807) is 6.07 Å². The Bertz CT molecular complexity index is 681. The first-order valence-corrected chi connectivity index (χ1v) is 8.23. The van der Waals surface area contributed by atoms with Crippen LogP contribution in [-0.4, -0.2) is 16.4 Å². The number of hydrogen-bond acceptors (Lipinski definition) is 3. The Balaban J connectivity index is 1.86. The SMILES string of the molecule is CC1c2ccsc2CCN1Cc1ccc(F)cc1C(N)=S. The molecule has 5 heteroatoms. The van der Waals surface area contributed by atoms with E-state index in [9.17, 15) is 4.39 Å². The van der Waals surface area contributed by atoms with Crippen LogP contribution in [0.15, 0.2) is 29.6 Å². The van der Waals surface area contributed by atoms with Crippen molar-refractivity contribution in [3.63, 3.8) is 0 Å². The number of fused-ring (bicyclic) bond motifs is 1. The maximum absolute atomic E-state index is 13.4. The molecule has 0 fully saturated rings. The van der Waals surface area contributed by atoms with Gasteiger partial charge in [0.15, 0.2) is 0 Å². The summed E-state index contributed by atoms with van der Waals surface area (Å²) < 4.78 is 13.4. The van der Waals surface area contributed by atoms with Gasteiger partial charge in [0.25, 0.3) is 0 Å². The highest BCUT2D eigenvalue weighted by Crippen LogP contribution is 2.34. The summed E-state index contributed by atoms with van der Waals surface area (Å²) in [5.74, 6) is -0.298. The van der Waals surface area contributed by atoms with Gasteiger partial charge in [0.2, 0.25) is 0 Å². The van der Waals surface area contributed by atoms with E-state index < -0.39 is 0 Å². The van der Waals surface area contributed by atoms with Crippen molar-refractivity contribution < 1.29 is 4.39 Å². The zero-order chi connectivity index (χ0) is 15.0. The third-order valence-corrected chi connectivity index (χ3v) is 5.33. The van der Waals surface area contributed by atoms with Gasteiger partial charge in [-0.2, -0.15) is 0 Å². The zero-order valence-corrected chi connectivity index (χ0v) is 13.4. The Morgan fingerprint density at radius 1 is 1.48 bits per heavy atom. The van der Waals surface area contributed by atoms with Crippen molar-refractivity contribution in [2.24, 2.45) is 5.73 Å². The fourth-order valence-electron chi connectivity index (χ4n) is 2.91. The summed E-state index contributed by atoms with van der Waals surface area (Å²) in [6, 6.07) is 7.27. The number of halogens is 1. The molecule has 2 N–H and O–H groups in total. The maximum Gasteiger partial charge on any atom is 0.123 e. The maximum atomic E-state index is 13.4. The number of rotatable bonds is 3. The van der Waals surface area contributed by atoms with Crippen LogP contribution < -0.4 is 5.73 Å². The van der Waals surface area contributed by atoms with E-state index in [1.165, 1.54) is 22.6 Å². The van der Waals surface area contributed by atoms with Crippen molar-refractivity contribution in [1.29, 1.82) is 0 Å². The molecule has 0 saturated carbocycles. The number of thiophene rings is 1. The van der Waals surface area contributed by atoms with E-state index >= 15 is 0 Å². The van der Waals surface area contributed by atoms with Gasteiger partial charge in [-0.15, -0.1) is 11.3 Å². The van der Waals surface area contributed by atoms with Crippen LogP contribution in [0.1, 0.15) is 34.5 Å².